The predicted octanol–water partition coefficient (Wildman–Crippen LogP) is 1.79. The molecule has 2 rings (SSSR count). The van der Waals surface area contributed by atoms with Crippen molar-refractivity contribution in [2.45, 2.75) is 45.7 Å². The van der Waals surface area contributed by atoms with Gasteiger partial charge in [0.2, 0.25) is 5.91 Å². The van der Waals surface area contributed by atoms with Crippen molar-refractivity contribution in [1.82, 2.24) is 15.6 Å². The molecule has 0 aromatic heterocycles. The molecular formula is C19H28N4O3. The topological polar surface area (TPSA) is 83.0 Å². The van der Waals surface area contributed by atoms with Gasteiger partial charge in [0.25, 0.3) is 5.91 Å². The van der Waals surface area contributed by atoms with Gasteiger partial charge in [0.1, 0.15) is 11.8 Å². The third-order valence-electron chi connectivity index (χ3n) is 4.21. The normalized spacial score (nSPS) is 19.1. The number of ether oxygens (including phenoxy) is 1. The van der Waals surface area contributed by atoms with E-state index in [2.05, 4.69) is 15.7 Å². The smallest absolute Gasteiger partial charge is 0.255 e. The Morgan fingerprint density at radius 1 is 1.23 bits per heavy atom. The molecule has 1 aliphatic heterocycles. The molecule has 1 aromatic rings. The number of hydrogen-bond donors (Lipinski definition) is 2. The van der Waals surface area contributed by atoms with E-state index in [9.17, 15) is 9.59 Å². The molecule has 26 heavy (non-hydrogen) atoms. The average molecular weight is 360 g/mol. The summed E-state index contributed by atoms with van der Waals surface area (Å²) < 4.78 is 5.55. The Morgan fingerprint density at radius 3 is 2.62 bits per heavy atom. The molecule has 0 fully saturated rings. The van der Waals surface area contributed by atoms with E-state index >= 15 is 0 Å². The largest absolute Gasteiger partial charge is 0.493 e. The minimum absolute atomic E-state index is 0.145. The Balaban J connectivity index is 2.26. The van der Waals surface area contributed by atoms with Crippen LogP contribution in [0.1, 0.15) is 44.0 Å². The van der Waals surface area contributed by atoms with E-state index < -0.39 is 12.1 Å². The van der Waals surface area contributed by atoms with Crippen LogP contribution in [0.15, 0.2) is 29.4 Å². The summed E-state index contributed by atoms with van der Waals surface area (Å²) in [6, 6.07) is 6.08. The van der Waals surface area contributed by atoms with Crippen molar-refractivity contribution in [3.05, 3.63) is 29.8 Å². The summed E-state index contributed by atoms with van der Waals surface area (Å²) in [7, 11) is 1.76. The number of hydrazone groups is 1. The molecule has 1 heterocycles. The Morgan fingerprint density at radius 2 is 1.96 bits per heavy atom. The van der Waals surface area contributed by atoms with Crippen molar-refractivity contribution in [2.75, 3.05) is 20.2 Å². The zero-order valence-electron chi connectivity index (χ0n) is 15.9. The molecule has 0 saturated heterocycles. The van der Waals surface area contributed by atoms with Gasteiger partial charge in [0, 0.05) is 13.6 Å². The highest BCUT2D eigenvalue weighted by Gasteiger charge is 2.41. The second kappa shape index (κ2) is 9.22. The molecule has 7 heteroatoms. The van der Waals surface area contributed by atoms with Crippen LogP contribution in [0.2, 0.25) is 0 Å². The number of hydrogen-bond acceptors (Lipinski definition) is 5. The van der Waals surface area contributed by atoms with Gasteiger partial charge in [-0.05, 0) is 32.4 Å². The van der Waals surface area contributed by atoms with Gasteiger partial charge in [0.15, 0.2) is 6.04 Å². The summed E-state index contributed by atoms with van der Waals surface area (Å²) in [5.41, 5.74) is 1.27. The summed E-state index contributed by atoms with van der Waals surface area (Å²) in [6.07, 6.45) is 1.61. The summed E-state index contributed by atoms with van der Waals surface area (Å²) >= 11 is 0. The first-order chi connectivity index (χ1) is 12.5. The number of rotatable bonds is 8. The van der Waals surface area contributed by atoms with Crippen LogP contribution in [0.5, 0.6) is 5.75 Å². The van der Waals surface area contributed by atoms with Crippen molar-refractivity contribution in [3.8, 4) is 5.75 Å². The van der Waals surface area contributed by atoms with Gasteiger partial charge in [0.05, 0.1) is 17.9 Å². The maximum absolute atomic E-state index is 12.9. The van der Waals surface area contributed by atoms with Gasteiger partial charge in [-0.1, -0.05) is 25.5 Å². The van der Waals surface area contributed by atoms with Gasteiger partial charge >= 0.3 is 0 Å². The fourth-order valence-corrected chi connectivity index (χ4v) is 3.10. The average Bonchev–Trinajstić information content (AvgIpc) is 2.91. The Hall–Kier alpha value is -2.57. The highest BCUT2D eigenvalue weighted by molar-refractivity contribution is 6.04. The summed E-state index contributed by atoms with van der Waals surface area (Å²) in [4.78, 5) is 25.4. The molecule has 0 radical (unpaired) electrons. The predicted molar refractivity (Wildman–Crippen MR) is 101 cm³/mol. The van der Waals surface area contributed by atoms with Crippen molar-refractivity contribution < 1.29 is 14.3 Å². The van der Waals surface area contributed by atoms with Gasteiger partial charge < -0.3 is 15.4 Å². The molecule has 7 nitrogen and oxygen atoms in total. The van der Waals surface area contributed by atoms with Crippen LogP contribution in [0.25, 0.3) is 0 Å². The third-order valence-corrected chi connectivity index (χ3v) is 4.21. The number of benzene rings is 1. The van der Waals surface area contributed by atoms with Crippen molar-refractivity contribution in [3.63, 3.8) is 0 Å². The Kier molecular flexibility index (Phi) is 7.00. The molecule has 0 aliphatic carbocycles. The first-order valence-corrected chi connectivity index (χ1v) is 9.14. The second-order valence-electron chi connectivity index (χ2n) is 6.13. The zero-order valence-corrected chi connectivity index (χ0v) is 15.9. The van der Waals surface area contributed by atoms with Crippen molar-refractivity contribution in [2.24, 2.45) is 5.10 Å². The number of carbonyl (C=O) groups excluding carboxylic acids is 2. The Labute approximate surface area is 154 Å². The third kappa shape index (κ3) is 4.33. The molecule has 142 valence electrons. The van der Waals surface area contributed by atoms with Crippen molar-refractivity contribution >= 4 is 17.5 Å². The fourth-order valence-electron chi connectivity index (χ4n) is 3.10. The lowest BCUT2D eigenvalue weighted by Crippen LogP contribution is -2.55. The zero-order chi connectivity index (χ0) is 19.1. The number of nitrogens with one attached hydrogen (secondary N) is 2. The molecular weight excluding hydrogens is 332 g/mol. The van der Waals surface area contributed by atoms with Gasteiger partial charge in [-0.3, -0.25) is 14.6 Å². The lowest BCUT2D eigenvalue weighted by Gasteiger charge is -2.25. The van der Waals surface area contributed by atoms with E-state index in [1.165, 1.54) is 0 Å². The van der Waals surface area contributed by atoms with Crippen LogP contribution >= 0.6 is 0 Å². The molecule has 0 saturated carbocycles. The monoisotopic (exact) mass is 360 g/mol. The van der Waals surface area contributed by atoms with Gasteiger partial charge in [-0.15, -0.1) is 0 Å². The molecule has 0 spiro atoms. The summed E-state index contributed by atoms with van der Waals surface area (Å²) in [6.45, 7) is 6.79. The number of likely N-dealkylation sites (N-methyl/N-ethyl adjacent to an activating group) is 2. The molecule has 2 atom stereocenters. The minimum atomic E-state index is -0.556. The number of para-hydroxylation sites is 1. The molecule has 0 bridgehead atoms. The molecule has 2 N–H and O–H groups in total. The van der Waals surface area contributed by atoms with Gasteiger partial charge in [-0.2, -0.15) is 5.10 Å². The van der Waals surface area contributed by atoms with Crippen LogP contribution < -0.4 is 15.4 Å². The summed E-state index contributed by atoms with van der Waals surface area (Å²) in [5.74, 6) is 0.114. The van der Waals surface area contributed by atoms with Gasteiger partial charge in [-0.25, -0.2) is 0 Å². The van der Waals surface area contributed by atoms with Crippen LogP contribution in [0, 0.1) is 0 Å². The Bertz CT molecular complexity index is 675. The molecule has 2 amide bonds. The quantitative estimate of drug-likeness (QED) is 0.740. The fraction of sp³-hybridized carbons (Fsp3) is 0.526. The van der Waals surface area contributed by atoms with Crippen LogP contribution in [-0.4, -0.2) is 54.8 Å². The maximum Gasteiger partial charge on any atom is 0.255 e. The first-order valence-electron chi connectivity index (χ1n) is 9.14. The van der Waals surface area contributed by atoms with Crippen LogP contribution in [0.4, 0.5) is 0 Å². The SMILES string of the molecule is CCCC1=NN(C)C(C(=O)NCC)C1NC(=O)c1ccccc1OCC. The maximum atomic E-state index is 12.9. The second-order valence-corrected chi connectivity index (χ2v) is 6.13. The molecule has 2 unspecified atom stereocenters. The first kappa shape index (κ1) is 19.8. The van der Waals surface area contributed by atoms with E-state index in [0.29, 0.717) is 24.5 Å². The van der Waals surface area contributed by atoms with E-state index in [0.717, 1.165) is 18.6 Å². The highest BCUT2D eigenvalue weighted by Crippen LogP contribution is 2.21. The van der Waals surface area contributed by atoms with E-state index in [-0.39, 0.29) is 11.8 Å². The van der Waals surface area contributed by atoms with E-state index in [1.807, 2.05) is 26.8 Å². The van der Waals surface area contributed by atoms with E-state index in [4.69, 9.17) is 4.74 Å². The standard InChI is InChI=1S/C19H28N4O3/c1-5-10-14-16(17(23(4)22-14)19(25)20-6-2)21-18(24)13-11-8-9-12-15(13)26-7-3/h8-9,11-12,16-17H,5-7,10H2,1-4H3,(H,20,25)(H,21,24). The highest BCUT2D eigenvalue weighted by atomic mass is 16.5. The van der Waals surface area contributed by atoms with Crippen LogP contribution in [0.3, 0.4) is 0 Å². The molecule has 1 aliphatic rings. The molecule has 1 aromatic carbocycles. The van der Waals surface area contributed by atoms with Crippen molar-refractivity contribution in [1.29, 1.82) is 0 Å². The summed E-state index contributed by atoms with van der Waals surface area (Å²) in [5, 5.41) is 11.9. The van der Waals surface area contributed by atoms with Crippen LogP contribution in [-0.2, 0) is 4.79 Å². The number of amides is 2. The number of nitrogens with zero attached hydrogens (tertiary/aromatic N) is 2. The van der Waals surface area contributed by atoms with E-state index in [1.54, 1.807) is 30.3 Å². The lowest BCUT2D eigenvalue weighted by molar-refractivity contribution is -0.125. The number of carbonyl (C=O) groups is 2. The minimum Gasteiger partial charge on any atom is -0.493 e. The lowest BCUT2D eigenvalue weighted by atomic mass is 9.99.